The maximum absolute atomic E-state index is 13.4. The lowest BCUT2D eigenvalue weighted by Gasteiger charge is -2.27. The summed E-state index contributed by atoms with van der Waals surface area (Å²) < 4.78 is 20.8. The van der Waals surface area contributed by atoms with Gasteiger partial charge in [0, 0.05) is 29.4 Å². The molecule has 8 heteroatoms. The third-order valence-electron chi connectivity index (χ3n) is 6.78. The molecule has 0 saturated carbocycles. The zero-order chi connectivity index (χ0) is 28.9. The number of amides is 2. The summed E-state index contributed by atoms with van der Waals surface area (Å²) in [6.07, 6.45) is 4.10. The summed E-state index contributed by atoms with van der Waals surface area (Å²) in [7, 11) is 0. The maximum atomic E-state index is 13.4. The minimum absolute atomic E-state index is 0.0380. The minimum Gasteiger partial charge on any atom is -0.489 e. The maximum Gasteiger partial charge on any atom is 0.271 e. The molecular formula is C33H27FN4O3. The highest BCUT2D eigenvalue weighted by Crippen LogP contribution is 2.32. The van der Waals surface area contributed by atoms with Gasteiger partial charge in [-0.25, -0.2) is 9.07 Å². The van der Waals surface area contributed by atoms with Crippen molar-refractivity contribution in [2.45, 2.75) is 26.9 Å². The first kappa shape index (κ1) is 27.3. The van der Waals surface area contributed by atoms with Crippen molar-refractivity contribution >= 4 is 17.9 Å². The molecule has 0 fully saturated rings. The molecule has 0 spiro atoms. The van der Waals surface area contributed by atoms with Gasteiger partial charge in [0.25, 0.3) is 11.8 Å². The number of rotatable bonds is 8. The van der Waals surface area contributed by atoms with Gasteiger partial charge in [-0.2, -0.15) is 10.4 Å². The summed E-state index contributed by atoms with van der Waals surface area (Å²) in [5.41, 5.74) is 4.32. The first-order valence-electron chi connectivity index (χ1n) is 13.2. The smallest absolute Gasteiger partial charge is 0.271 e. The van der Waals surface area contributed by atoms with Crippen molar-refractivity contribution in [3.05, 3.63) is 119 Å². The van der Waals surface area contributed by atoms with Crippen molar-refractivity contribution in [1.29, 1.82) is 5.26 Å². The van der Waals surface area contributed by atoms with Gasteiger partial charge in [0.15, 0.2) is 0 Å². The van der Waals surface area contributed by atoms with Crippen LogP contribution in [0.2, 0.25) is 0 Å². The average Bonchev–Trinajstić information content (AvgIpc) is 3.42. The van der Waals surface area contributed by atoms with E-state index in [1.165, 1.54) is 12.1 Å². The molecule has 0 aliphatic carbocycles. The summed E-state index contributed by atoms with van der Waals surface area (Å²) in [4.78, 5) is 27.3. The molecular weight excluding hydrogens is 519 g/mol. The first-order chi connectivity index (χ1) is 19.9. The lowest BCUT2D eigenvalue weighted by molar-refractivity contribution is -0.140. The van der Waals surface area contributed by atoms with E-state index < -0.39 is 11.8 Å². The molecule has 204 valence electrons. The van der Waals surface area contributed by atoms with Crippen molar-refractivity contribution in [2.24, 2.45) is 0 Å². The molecule has 5 rings (SSSR count). The number of hydrogen-bond acceptors (Lipinski definition) is 5. The van der Waals surface area contributed by atoms with Gasteiger partial charge in [-0.15, -0.1) is 0 Å². The topological polar surface area (TPSA) is 88.2 Å². The minimum atomic E-state index is -0.564. The van der Waals surface area contributed by atoms with Crippen LogP contribution in [-0.2, 0) is 16.2 Å². The lowest BCUT2D eigenvalue weighted by Crippen LogP contribution is -2.43. The van der Waals surface area contributed by atoms with Crippen LogP contribution in [0.1, 0.15) is 31.4 Å². The second-order valence-electron chi connectivity index (χ2n) is 9.58. The third-order valence-corrected chi connectivity index (χ3v) is 6.78. The van der Waals surface area contributed by atoms with Crippen LogP contribution in [0.15, 0.2) is 102 Å². The Kier molecular flexibility index (Phi) is 7.88. The highest BCUT2D eigenvalue weighted by atomic mass is 19.1. The predicted octanol–water partition coefficient (Wildman–Crippen LogP) is 6.26. The van der Waals surface area contributed by atoms with E-state index in [0.717, 1.165) is 21.7 Å². The quantitative estimate of drug-likeness (QED) is 0.192. The van der Waals surface area contributed by atoms with Gasteiger partial charge < -0.3 is 4.74 Å². The molecule has 4 aromatic rings. The van der Waals surface area contributed by atoms with Gasteiger partial charge in [-0.05, 0) is 79.1 Å². The second kappa shape index (κ2) is 11.8. The molecule has 2 heterocycles. The number of imide groups is 1. The Hall–Kier alpha value is -5.29. The highest BCUT2D eigenvalue weighted by molar-refractivity contribution is 6.19. The van der Waals surface area contributed by atoms with E-state index in [-0.39, 0.29) is 23.5 Å². The van der Waals surface area contributed by atoms with Gasteiger partial charge in [0.1, 0.15) is 29.8 Å². The number of hydrogen-bond donors (Lipinski definition) is 0. The van der Waals surface area contributed by atoms with E-state index in [0.29, 0.717) is 35.6 Å². The van der Waals surface area contributed by atoms with E-state index in [1.54, 1.807) is 29.8 Å². The molecule has 0 N–H and O–H groups in total. The van der Waals surface area contributed by atoms with Gasteiger partial charge in [-0.1, -0.05) is 37.3 Å². The Balaban J connectivity index is 1.53. The molecule has 7 nitrogen and oxygen atoms in total. The molecule has 3 aromatic carbocycles. The van der Waals surface area contributed by atoms with Crippen LogP contribution in [0.3, 0.4) is 0 Å². The summed E-state index contributed by atoms with van der Waals surface area (Å²) in [5.74, 6) is -0.663. The number of para-hydroxylation sites is 1. The van der Waals surface area contributed by atoms with Crippen molar-refractivity contribution in [3.8, 4) is 28.8 Å². The number of ether oxygens (including phenoxy) is 1. The summed E-state index contributed by atoms with van der Waals surface area (Å²) in [6.45, 7) is 4.01. The summed E-state index contributed by atoms with van der Waals surface area (Å²) >= 11 is 0. The van der Waals surface area contributed by atoms with E-state index in [1.807, 2.05) is 73.8 Å². The molecule has 0 saturated heterocycles. The zero-order valence-corrected chi connectivity index (χ0v) is 22.7. The van der Waals surface area contributed by atoms with Crippen LogP contribution in [0, 0.1) is 17.1 Å². The van der Waals surface area contributed by atoms with E-state index in [9.17, 15) is 19.2 Å². The van der Waals surface area contributed by atoms with Crippen LogP contribution in [0.4, 0.5) is 4.39 Å². The van der Waals surface area contributed by atoms with Gasteiger partial charge in [-0.3, -0.25) is 14.5 Å². The van der Waals surface area contributed by atoms with Crippen molar-refractivity contribution in [3.63, 3.8) is 0 Å². The number of halogens is 1. The van der Waals surface area contributed by atoms with Crippen LogP contribution in [0.5, 0.6) is 5.75 Å². The number of nitriles is 1. The van der Waals surface area contributed by atoms with Gasteiger partial charge in [0.2, 0.25) is 0 Å². The van der Waals surface area contributed by atoms with E-state index in [2.05, 4.69) is 0 Å². The van der Waals surface area contributed by atoms with Crippen molar-refractivity contribution in [1.82, 2.24) is 14.7 Å². The van der Waals surface area contributed by atoms with Gasteiger partial charge >= 0.3 is 0 Å². The Morgan fingerprint density at radius 2 is 1.68 bits per heavy atom. The molecule has 1 aliphatic rings. The molecule has 0 radical (unpaired) electrons. The normalized spacial score (nSPS) is 14.5. The SMILES string of the molecule is CCCN1C(=O)C(C#N)=C(C)/C(=C\c2cn(-c3ccccc3)nc2-c2ccc(OCc3ccc(F)cc3)cc2)C1=O. The van der Waals surface area contributed by atoms with Crippen LogP contribution in [0.25, 0.3) is 23.0 Å². The average molecular weight is 547 g/mol. The van der Waals surface area contributed by atoms with Crippen molar-refractivity contribution < 1.29 is 18.7 Å². The fourth-order valence-corrected chi connectivity index (χ4v) is 4.60. The number of carbonyl (C=O) groups is 2. The number of carbonyl (C=O) groups excluding carboxylic acids is 2. The van der Waals surface area contributed by atoms with E-state index in [4.69, 9.17) is 9.84 Å². The van der Waals surface area contributed by atoms with Crippen LogP contribution < -0.4 is 4.74 Å². The molecule has 41 heavy (non-hydrogen) atoms. The number of benzene rings is 3. The second-order valence-corrected chi connectivity index (χ2v) is 9.58. The Bertz CT molecular complexity index is 1700. The third kappa shape index (κ3) is 5.70. The van der Waals surface area contributed by atoms with E-state index >= 15 is 0 Å². The molecule has 1 aromatic heterocycles. The lowest BCUT2D eigenvalue weighted by atomic mass is 9.93. The van der Waals surface area contributed by atoms with Crippen LogP contribution in [-0.4, -0.2) is 33.0 Å². The molecule has 1 aliphatic heterocycles. The summed E-state index contributed by atoms with van der Waals surface area (Å²) in [6, 6.07) is 25.1. The first-order valence-corrected chi connectivity index (χ1v) is 13.2. The fourth-order valence-electron chi connectivity index (χ4n) is 4.60. The predicted molar refractivity (Wildman–Crippen MR) is 153 cm³/mol. The Morgan fingerprint density at radius 3 is 2.34 bits per heavy atom. The summed E-state index contributed by atoms with van der Waals surface area (Å²) in [5, 5.41) is 14.5. The molecule has 0 atom stereocenters. The number of nitrogens with zero attached hydrogens (tertiary/aromatic N) is 4. The van der Waals surface area contributed by atoms with Crippen LogP contribution >= 0.6 is 0 Å². The molecule has 0 bridgehead atoms. The fraction of sp³-hybridized carbons (Fsp3) is 0.152. The molecule has 0 unspecified atom stereocenters. The molecule has 2 amide bonds. The largest absolute Gasteiger partial charge is 0.489 e. The Labute approximate surface area is 237 Å². The van der Waals surface area contributed by atoms with Gasteiger partial charge in [0.05, 0.1) is 11.4 Å². The highest BCUT2D eigenvalue weighted by Gasteiger charge is 2.35. The monoisotopic (exact) mass is 546 g/mol. The number of aromatic nitrogens is 2. The zero-order valence-electron chi connectivity index (χ0n) is 22.7. The van der Waals surface area contributed by atoms with Crippen molar-refractivity contribution in [2.75, 3.05) is 6.54 Å². The standard InChI is InChI=1S/C33H27FN4O3/c1-3-17-37-32(39)29(22(2)30(19-35)33(37)40)18-25-20-38(27-7-5-4-6-8-27)36-31(25)24-11-15-28(16-12-24)41-21-23-9-13-26(34)14-10-23/h4-16,18,20H,3,17,21H2,1-2H3/b29-18+. The Morgan fingerprint density at radius 1 is 0.976 bits per heavy atom.